The lowest BCUT2D eigenvalue weighted by Gasteiger charge is -2.42. The van der Waals surface area contributed by atoms with Gasteiger partial charge < -0.3 is 19.7 Å². The molecule has 1 fully saturated rings. The molecule has 0 saturated carbocycles. The largest absolute Gasteiger partial charge is 0.454 e. The molecular formula is C15H22N2O2. The molecular weight excluding hydrogens is 240 g/mol. The Morgan fingerprint density at radius 1 is 1.26 bits per heavy atom. The van der Waals surface area contributed by atoms with Gasteiger partial charge >= 0.3 is 0 Å². The molecule has 104 valence electrons. The molecule has 2 heterocycles. The number of fused-ring (bicyclic) bond motifs is 1. The minimum Gasteiger partial charge on any atom is -0.454 e. The minimum atomic E-state index is 0.0869. The first-order valence-corrected chi connectivity index (χ1v) is 6.98. The number of nitrogens with zero attached hydrogens (tertiary/aromatic N) is 1. The van der Waals surface area contributed by atoms with Gasteiger partial charge in [0.25, 0.3) is 0 Å². The molecule has 0 bridgehead atoms. The molecule has 1 saturated heterocycles. The van der Waals surface area contributed by atoms with Gasteiger partial charge in [0, 0.05) is 29.9 Å². The summed E-state index contributed by atoms with van der Waals surface area (Å²) in [6.07, 6.45) is 1.15. The molecule has 2 aliphatic rings. The van der Waals surface area contributed by atoms with Gasteiger partial charge in [0.1, 0.15) is 0 Å². The molecule has 1 aromatic rings. The fourth-order valence-electron chi connectivity index (χ4n) is 3.16. The number of benzene rings is 1. The van der Waals surface area contributed by atoms with Crippen molar-refractivity contribution in [1.82, 2.24) is 5.32 Å². The van der Waals surface area contributed by atoms with Crippen LogP contribution >= 0.6 is 0 Å². The Labute approximate surface area is 114 Å². The standard InChI is InChI=1S/C15H22N2O2/c1-11-6-7-16-9-15(2,3)17(11)12-4-5-13-14(8-12)19-10-18-13/h4-5,8,11,16H,6-7,9-10H2,1-3H3. The van der Waals surface area contributed by atoms with Crippen LogP contribution < -0.4 is 19.7 Å². The first-order chi connectivity index (χ1) is 9.08. The second-order valence-corrected chi connectivity index (χ2v) is 6.03. The quantitative estimate of drug-likeness (QED) is 0.842. The van der Waals surface area contributed by atoms with Crippen LogP contribution in [-0.2, 0) is 0 Å². The van der Waals surface area contributed by atoms with Crippen LogP contribution in [0, 0.1) is 0 Å². The van der Waals surface area contributed by atoms with Crippen LogP contribution in [0.4, 0.5) is 5.69 Å². The van der Waals surface area contributed by atoms with Crippen LogP contribution in [-0.4, -0.2) is 31.5 Å². The Bertz CT molecular complexity index is 473. The van der Waals surface area contributed by atoms with Crippen molar-refractivity contribution in [1.29, 1.82) is 0 Å². The zero-order chi connectivity index (χ0) is 13.5. The van der Waals surface area contributed by atoms with E-state index in [-0.39, 0.29) is 5.54 Å². The summed E-state index contributed by atoms with van der Waals surface area (Å²) in [6, 6.07) is 6.76. The highest BCUT2D eigenvalue weighted by Crippen LogP contribution is 2.38. The highest BCUT2D eigenvalue weighted by molar-refractivity contribution is 5.59. The Kier molecular flexibility index (Phi) is 3.05. The lowest BCUT2D eigenvalue weighted by atomic mass is 9.99. The second-order valence-electron chi connectivity index (χ2n) is 6.03. The van der Waals surface area contributed by atoms with Crippen molar-refractivity contribution >= 4 is 5.69 Å². The van der Waals surface area contributed by atoms with Crippen molar-refractivity contribution in [2.24, 2.45) is 0 Å². The monoisotopic (exact) mass is 262 g/mol. The predicted molar refractivity (Wildman–Crippen MR) is 76.1 cm³/mol. The Morgan fingerprint density at radius 3 is 2.89 bits per heavy atom. The summed E-state index contributed by atoms with van der Waals surface area (Å²) < 4.78 is 10.9. The van der Waals surface area contributed by atoms with Crippen LogP contribution in [0.5, 0.6) is 11.5 Å². The smallest absolute Gasteiger partial charge is 0.231 e. The second kappa shape index (κ2) is 4.60. The van der Waals surface area contributed by atoms with E-state index < -0.39 is 0 Å². The lowest BCUT2D eigenvalue weighted by Crippen LogP contribution is -2.51. The molecule has 1 unspecified atom stereocenters. The Balaban J connectivity index is 1.98. The van der Waals surface area contributed by atoms with Crippen molar-refractivity contribution in [2.75, 3.05) is 24.8 Å². The van der Waals surface area contributed by atoms with Crippen LogP contribution in [0.3, 0.4) is 0 Å². The van der Waals surface area contributed by atoms with Gasteiger partial charge in [-0.2, -0.15) is 0 Å². The van der Waals surface area contributed by atoms with Crippen molar-refractivity contribution in [3.63, 3.8) is 0 Å². The van der Waals surface area contributed by atoms with Crippen LogP contribution in [0.1, 0.15) is 27.2 Å². The number of ether oxygens (including phenoxy) is 2. The maximum Gasteiger partial charge on any atom is 0.231 e. The van der Waals surface area contributed by atoms with Gasteiger partial charge in [0.2, 0.25) is 6.79 Å². The molecule has 4 nitrogen and oxygen atoms in total. The van der Waals surface area contributed by atoms with E-state index in [0.29, 0.717) is 12.8 Å². The number of hydrogen-bond donors (Lipinski definition) is 1. The topological polar surface area (TPSA) is 33.7 Å². The fraction of sp³-hybridized carbons (Fsp3) is 0.600. The van der Waals surface area contributed by atoms with E-state index in [2.05, 4.69) is 43.1 Å². The summed E-state index contributed by atoms with van der Waals surface area (Å²) in [5.41, 5.74) is 1.30. The molecule has 0 amide bonds. The summed E-state index contributed by atoms with van der Waals surface area (Å²) in [7, 11) is 0. The molecule has 0 spiro atoms. The van der Waals surface area contributed by atoms with Gasteiger partial charge in [0.15, 0.2) is 11.5 Å². The number of rotatable bonds is 1. The molecule has 4 heteroatoms. The van der Waals surface area contributed by atoms with Gasteiger partial charge in [-0.25, -0.2) is 0 Å². The molecule has 19 heavy (non-hydrogen) atoms. The summed E-state index contributed by atoms with van der Waals surface area (Å²) in [5.74, 6) is 1.71. The van der Waals surface area contributed by atoms with Crippen LogP contribution in [0.25, 0.3) is 0 Å². The first kappa shape index (κ1) is 12.6. The van der Waals surface area contributed by atoms with E-state index in [4.69, 9.17) is 9.47 Å². The summed E-state index contributed by atoms with van der Waals surface area (Å²) in [6.45, 7) is 9.26. The van der Waals surface area contributed by atoms with Gasteiger partial charge in [-0.3, -0.25) is 0 Å². The van der Waals surface area contributed by atoms with E-state index in [0.717, 1.165) is 31.0 Å². The third kappa shape index (κ3) is 2.25. The first-order valence-electron chi connectivity index (χ1n) is 6.98. The van der Waals surface area contributed by atoms with Crippen molar-refractivity contribution in [2.45, 2.75) is 38.8 Å². The number of hydrogen-bond acceptors (Lipinski definition) is 4. The highest BCUT2D eigenvalue weighted by Gasteiger charge is 2.33. The maximum atomic E-state index is 5.50. The fourth-order valence-corrected chi connectivity index (χ4v) is 3.16. The van der Waals surface area contributed by atoms with E-state index in [1.807, 2.05) is 6.07 Å². The average Bonchev–Trinajstić information content (AvgIpc) is 2.76. The minimum absolute atomic E-state index is 0.0869. The predicted octanol–water partition coefficient (Wildman–Crippen LogP) is 2.38. The van der Waals surface area contributed by atoms with Crippen LogP contribution in [0.2, 0.25) is 0 Å². The molecule has 0 aromatic heterocycles. The average molecular weight is 262 g/mol. The zero-order valence-corrected chi connectivity index (χ0v) is 11.9. The van der Waals surface area contributed by atoms with Gasteiger partial charge in [-0.1, -0.05) is 0 Å². The lowest BCUT2D eigenvalue weighted by molar-refractivity contribution is 0.174. The molecule has 3 rings (SSSR count). The van der Waals surface area contributed by atoms with Crippen molar-refractivity contribution in [3.05, 3.63) is 18.2 Å². The third-order valence-corrected chi connectivity index (χ3v) is 4.02. The SMILES string of the molecule is CC1CCNCC(C)(C)N1c1ccc2c(c1)OCO2. The van der Waals surface area contributed by atoms with E-state index in [1.54, 1.807) is 0 Å². The zero-order valence-electron chi connectivity index (χ0n) is 11.9. The summed E-state index contributed by atoms with van der Waals surface area (Å²) in [4.78, 5) is 2.50. The Hall–Kier alpha value is -1.42. The third-order valence-electron chi connectivity index (χ3n) is 4.02. The highest BCUT2D eigenvalue weighted by atomic mass is 16.7. The van der Waals surface area contributed by atoms with Gasteiger partial charge in [-0.05, 0) is 45.9 Å². The molecule has 0 radical (unpaired) electrons. The molecule has 2 aliphatic heterocycles. The van der Waals surface area contributed by atoms with E-state index in [1.165, 1.54) is 5.69 Å². The number of nitrogens with one attached hydrogen (secondary N) is 1. The number of anilines is 1. The van der Waals surface area contributed by atoms with Crippen molar-refractivity contribution < 1.29 is 9.47 Å². The van der Waals surface area contributed by atoms with Crippen molar-refractivity contribution in [3.8, 4) is 11.5 Å². The Morgan fingerprint density at radius 2 is 2.05 bits per heavy atom. The van der Waals surface area contributed by atoms with Gasteiger partial charge in [0.05, 0.1) is 0 Å². The summed E-state index contributed by atoms with van der Waals surface area (Å²) in [5, 5.41) is 3.52. The normalized spacial score (nSPS) is 25.2. The molecule has 1 atom stereocenters. The van der Waals surface area contributed by atoms with E-state index >= 15 is 0 Å². The molecule has 1 aromatic carbocycles. The van der Waals surface area contributed by atoms with Crippen LogP contribution in [0.15, 0.2) is 18.2 Å². The maximum absolute atomic E-state index is 5.50. The summed E-state index contributed by atoms with van der Waals surface area (Å²) >= 11 is 0. The molecule has 1 N–H and O–H groups in total. The van der Waals surface area contributed by atoms with Gasteiger partial charge in [-0.15, -0.1) is 0 Å². The molecule has 0 aliphatic carbocycles. The van der Waals surface area contributed by atoms with E-state index in [9.17, 15) is 0 Å².